The second-order valence-corrected chi connectivity index (χ2v) is 9.89. The summed E-state index contributed by atoms with van der Waals surface area (Å²) in [5, 5.41) is 14.8. The van der Waals surface area contributed by atoms with Crippen molar-refractivity contribution in [3.63, 3.8) is 0 Å². The first-order valence-electron chi connectivity index (χ1n) is 12.3. The van der Waals surface area contributed by atoms with Crippen LogP contribution >= 0.6 is 0 Å². The minimum atomic E-state index is -1.08. The fraction of sp³-hybridized carbons (Fsp3) is 0.400. The predicted octanol–water partition coefficient (Wildman–Crippen LogP) is 5.64. The van der Waals surface area contributed by atoms with E-state index in [1.165, 1.54) is 37.2 Å². The van der Waals surface area contributed by atoms with Gasteiger partial charge in [-0.05, 0) is 68.7 Å². The van der Waals surface area contributed by atoms with Crippen LogP contribution in [0.3, 0.4) is 0 Å². The first-order valence-corrected chi connectivity index (χ1v) is 12.3. The molecule has 1 atom stereocenters. The van der Waals surface area contributed by atoms with Crippen molar-refractivity contribution in [2.75, 3.05) is 19.0 Å². The van der Waals surface area contributed by atoms with Crippen LogP contribution in [0.1, 0.15) is 53.9 Å². The van der Waals surface area contributed by atoms with Gasteiger partial charge in [-0.25, -0.2) is 0 Å². The van der Waals surface area contributed by atoms with E-state index in [-0.39, 0.29) is 5.41 Å². The second kappa shape index (κ2) is 13.6. The third-order valence-corrected chi connectivity index (χ3v) is 6.29. The molecule has 36 heavy (non-hydrogen) atoms. The first-order chi connectivity index (χ1) is 17.1. The highest BCUT2D eigenvalue weighted by atomic mass is 16.5. The first kappa shape index (κ1) is 28.9. The van der Waals surface area contributed by atoms with Gasteiger partial charge in [0.2, 0.25) is 11.8 Å². The number of rotatable bonds is 10. The second-order valence-electron chi connectivity index (χ2n) is 9.89. The predicted molar refractivity (Wildman–Crippen MR) is 147 cm³/mol. The van der Waals surface area contributed by atoms with Crippen molar-refractivity contribution in [2.24, 2.45) is 5.41 Å². The summed E-state index contributed by atoms with van der Waals surface area (Å²) >= 11 is 0. The van der Waals surface area contributed by atoms with Crippen LogP contribution in [0.25, 0.3) is 0 Å². The Labute approximate surface area is 215 Å². The Morgan fingerprint density at radius 1 is 1.19 bits per heavy atom. The largest absolute Gasteiger partial charge is 0.497 e. The Bertz CT molecular complexity index is 1090. The Balaban J connectivity index is 1.95. The summed E-state index contributed by atoms with van der Waals surface area (Å²) in [5.74, 6) is -0.385. The number of methoxy groups -OCH3 is 1. The number of anilines is 1. The molecule has 0 fully saturated rings. The normalized spacial score (nSPS) is 17.4. The van der Waals surface area contributed by atoms with Gasteiger partial charge in [-0.2, -0.15) is 0 Å². The minimum absolute atomic E-state index is 0.207. The van der Waals surface area contributed by atoms with Crippen molar-refractivity contribution < 1.29 is 19.4 Å². The number of aliphatic hydroxyl groups is 1. The van der Waals surface area contributed by atoms with Gasteiger partial charge in [0, 0.05) is 17.8 Å². The molecule has 1 aliphatic rings. The highest BCUT2D eigenvalue weighted by molar-refractivity contribution is 5.99. The van der Waals surface area contributed by atoms with Crippen LogP contribution in [-0.4, -0.2) is 36.7 Å². The van der Waals surface area contributed by atoms with Crippen LogP contribution in [0.5, 0.6) is 5.75 Å². The molecule has 1 unspecified atom stereocenters. The topological polar surface area (TPSA) is 87.7 Å². The molecule has 1 aromatic carbocycles. The molecule has 0 heterocycles. The molecule has 6 heteroatoms. The molecule has 0 aromatic heterocycles. The molecule has 0 saturated heterocycles. The van der Waals surface area contributed by atoms with Crippen molar-refractivity contribution in [3.8, 4) is 5.75 Å². The summed E-state index contributed by atoms with van der Waals surface area (Å²) in [5.41, 5.74) is 5.44. The van der Waals surface area contributed by atoms with E-state index in [2.05, 4.69) is 43.6 Å². The molecule has 2 amide bonds. The number of ether oxygens (including phenoxy) is 1. The van der Waals surface area contributed by atoms with Crippen molar-refractivity contribution in [1.82, 2.24) is 5.32 Å². The molecular formula is C30H40N2O4. The Kier molecular flexibility index (Phi) is 10.9. The molecule has 0 bridgehead atoms. The number of carbonyl (C=O) groups excluding carboxylic acids is 2. The van der Waals surface area contributed by atoms with E-state index in [4.69, 9.17) is 4.74 Å². The number of carbonyl (C=O) groups is 2. The maximum atomic E-state index is 12.5. The lowest BCUT2D eigenvalue weighted by Crippen LogP contribution is -2.45. The minimum Gasteiger partial charge on any atom is -0.497 e. The van der Waals surface area contributed by atoms with Crippen LogP contribution in [0, 0.1) is 5.41 Å². The maximum Gasteiger partial charge on any atom is 0.249 e. The van der Waals surface area contributed by atoms with E-state index in [9.17, 15) is 14.7 Å². The Hall–Kier alpha value is -3.38. The van der Waals surface area contributed by atoms with Gasteiger partial charge < -0.3 is 20.5 Å². The van der Waals surface area contributed by atoms with Gasteiger partial charge in [0.25, 0.3) is 0 Å². The molecule has 2 rings (SSSR count). The summed E-state index contributed by atoms with van der Waals surface area (Å²) in [6, 6.07) is 5.77. The average molecular weight is 493 g/mol. The van der Waals surface area contributed by atoms with Gasteiger partial charge in [-0.1, -0.05) is 61.4 Å². The molecule has 194 valence electrons. The summed E-state index contributed by atoms with van der Waals surface area (Å²) in [6.45, 7) is 10.2. The van der Waals surface area contributed by atoms with E-state index >= 15 is 0 Å². The smallest absolute Gasteiger partial charge is 0.249 e. The number of benzene rings is 1. The Morgan fingerprint density at radius 2 is 1.94 bits per heavy atom. The average Bonchev–Trinajstić information content (AvgIpc) is 2.81. The quantitative estimate of drug-likeness (QED) is 0.291. The number of hydrogen-bond donors (Lipinski definition) is 3. The van der Waals surface area contributed by atoms with Crippen LogP contribution in [0.15, 0.2) is 83.0 Å². The molecule has 1 aromatic rings. The zero-order chi connectivity index (χ0) is 26.7. The van der Waals surface area contributed by atoms with Crippen LogP contribution in [-0.2, 0) is 9.59 Å². The number of hydrogen-bond acceptors (Lipinski definition) is 4. The third kappa shape index (κ3) is 9.00. The van der Waals surface area contributed by atoms with Crippen molar-refractivity contribution in [3.05, 3.63) is 83.0 Å². The molecule has 6 nitrogen and oxygen atoms in total. The van der Waals surface area contributed by atoms with E-state index in [1.54, 1.807) is 31.2 Å². The molecule has 0 radical (unpaired) electrons. The monoisotopic (exact) mass is 492 g/mol. The van der Waals surface area contributed by atoms with Gasteiger partial charge in [-0.15, -0.1) is 0 Å². The van der Waals surface area contributed by atoms with Crippen LogP contribution in [0.4, 0.5) is 5.69 Å². The SMILES string of the molecule is COc1cccc(NC(=O)C(CO)NC(=O)C=C(C)C=CC=C(C)C=CC2=C(C)CCCC2(C)C)c1. The lowest BCUT2D eigenvalue weighted by molar-refractivity contribution is -0.124. The van der Waals surface area contributed by atoms with Crippen LogP contribution < -0.4 is 15.4 Å². The molecular weight excluding hydrogens is 452 g/mol. The zero-order valence-corrected chi connectivity index (χ0v) is 22.4. The standard InChI is InChI=1S/C30H40N2O4/c1-21(15-16-26-23(3)12-9-17-30(26,4)5)10-7-11-22(2)18-28(34)32-27(20-33)29(35)31-24-13-8-14-25(19-24)36-6/h7-8,10-11,13-16,18-19,27,33H,9,12,17,20H2,1-6H3,(H,31,35)(H,32,34). The lowest BCUT2D eigenvalue weighted by atomic mass is 9.72. The number of amides is 2. The van der Waals surface area contributed by atoms with E-state index in [1.807, 2.05) is 25.2 Å². The van der Waals surface area contributed by atoms with E-state index < -0.39 is 24.5 Å². The summed E-state index contributed by atoms with van der Waals surface area (Å²) in [7, 11) is 1.53. The van der Waals surface area contributed by atoms with Gasteiger partial charge >= 0.3 is 0 Å². The molecule has 0 spiro atoms. The van der Waals surface area contributed by atoms with Gasteiger partial charge in [0.1, 0.15) is 11.8 Å². The lowest BCUT2D eigenvalue weighted by Gasteiger charge is -2.32. The third-order valence-electron chi connectivity index (χ3n) is 6.29. The number of nitrogens with one attached hydrogen (secondary N) is 2. The molecule has 3 N–H and O–H groups in total. The van der Waals surface area contributed by atoms with Crippen molar-refractivity contribution in [2.45, 2.75) is 59.9 Å². The summed E-state index contributed by atoms with van der Waals surface area (Å²) in [4.78, 5) is 24.9. The van der Waals surface area contributed by atoms with Gasteiger partial charge in [0.05, 0.1) is 13.7 Å². The number of allylic oxidation sites excluding steroid dienone is 9. The van der Waals surface area contributed by atoms with Gasteiger partial charge in [0.15, 0.2) is 0 Å². The summed E-state index contributed by atoms with van der Waals surface area (Å²) < 4.78 is 5.14. The fourth-order valence-electron chi connectivity index (χ4n) is 4.22. The zero-order valence-electron chi connectivity index (χ0n) is 22.4. The Morgan fingerprint density at radius 3 is 2.61 bits per heavy atom. The highest BCUT2D eigenvalue weighted by Crippen LogP contribution is 2.40. The number of aliphatic hydroxyl groups excluding tert-OH is 1. The van der Waals surface area contributed by atoms with Gasteiger partial charge in [-0.3, -0.25) is 9.59 Å². The maximum absolute atomic E-state index is 12.5. The van der Waals surface area contributed by atoms with Crippen molar-refractivity contribution >= 4 is 17.5 Å². The van der Waals surface area contributed by atoms with Crippen LogP contribution in [0.2, 0.25) is 0 Å². The fourth-order valence-corrected chi connectivity index (χ4v) is 4.22. The van der Waals surface area contributed by atoms with E-state index in [0.29, 0.717) is 11.4 Å². The summed E-state index contributed by atoms with van der Waals surface area (Å²) in [6.07, 6.45) is 15.1. The molecule has 0 saturated carbocycles. The molecule has 1 aliphatic carbocycles. The molecule has 0 aliphatic heterocycles. The van der Waals surface area contributed by atoms with E-state index in [0.717, 1.165) is 17.6 Å². The van der Waals surface area contributed by atoms with Crippen molar-refractivity contribution in [1.29, 1.82) is 0 Å². The highest BCUT2D eigenvalue weighted by Gasteiger charge is 2.26.